The molecule has 0 bridgehead atoms. The molecule has 1 amide bonds. The molecule has 7 nitrogen and oxygen atoms in total. The number of aromatic nitrogens is 2. The monoisotopic (exact) mass is 292 g/mol. The van der Waals surface area contributed by atoms with Crippen molar-refractivity contribution in [1.82, 2.24) is 14.9 Å². The van der Waals surface area contributed by atoms with Gasteiger partial charge in [-0.25, -0.2) is 15.8 Å². The van der Waals surface area contributed by atoms with Crippen LogP contribution in [-0.4, -0.2) is 47.0 Å². The minimum absolute atomic E-state index is 0.134. The number of nitrogens with zero attached hydrogens (tertiary/aromatic N) is 4. The van der Waals surface area contributed by atoms with Crippen LogP contribution in [0.4, 0.5) is 11.6 Å². The zero-order chi connectivity index (χ0) is 15.4. The molecule has 116 valence electrons. The highest BCUT2D eigenvalue weighted by molar-refractivity contribution is 5.73. The van der Waals surface area contributed by atoms with Gasteiger partial charge in [0.15, 0.2) is 0 Å². The Bertz CT molecular complexity index is 518. The molecule has 0 saturated carbocycles. The van der Waals surface area contributed by atoms with Crippen LogP contribution in [0.5, 0.6) is 0 Å². The van der Waals surface area contributed by atoms with Crippen molar-refractivity contribution in [1.29, 1.82) is 0 Å². The summed E-state index contributed by atoms with van der Waals surface area (Å²) in [5.74, 6) is 8.05. The minimum Gasteiger partial charge on any atom is -0.354 e. The lowest BCUT2D eigenvalue weighted by molar-refractivity contribution is -0.128. The lowest BCUT2D eigenvalue weighted by atomic mass is 10.2. The minimum atomic E-state index is 0.134. The molecule has 2 rings (SSSR count). The van der Waals surface area contributed by atoms with E-state index in [0.717, 1.165) is 56.2 Å². The van der Waals surface area contributed by atoms with E-state index in [9.17, 15) is 4.79 Å². The summed E-state index contributed by atoms with van der Waals surface area (Å²) in [6.45, 7) is 8.81. The van der Waals surface area contributed by atoms with E-state index in [4.69, 9.17) is 5.84 Å². The lowest BCUT2D eigenvalue weighted by Gasteiger charge is -2.25. The van der Waals surface area contributed by atoms with Crippen LogP contribution >= 0.6 is 0 Å². The van der Waals surface area contributed by atoms with Crippen LogP contribution in [0.3, 0.4) is 0 Å². The van der Waals surface area contributed by atoms with Gasteiger partial charge in [-0.05, 0) is 13.3 Å². The average molecular weight is 292 g/mol. The Morgan fingerprint density at radius 1 is 1.29 bits per heavy atom. The van der Waals surface area contributed by atoms with Gasteiger partial charge in [0.25, 0.3) is 0 Å². The average Bonchev–Trinajstić information content (AvgIpc) is 2.73. The second-order valence-electron chi connectivity index (χ2n) is 5.28. The molecule has 0 unspecified atom stereocenters. The maximum atomic E-state index is 11.5. The normalized spacial score (nSPS) is 15.8. The largest absolute Gasteiger partial charge is 0.354 e. The number of aryl methyl sites for hydroxylation is 1. The molecule has 0 spiro atoms. The molecule has 0 aromatic carbocycles. The van der Waals surface area contributed by atoms with E-state index in [-0.39, 0.29) is 5.91 Å². The van der Waals surface area contributed by atoms with Crippen molar-refractivity contribution in [2.24, 2.45) is 5.84 Å². The lowest BCUT2D eigenvalue weighted by Crippen LogP contribution is -2.34. The zero-order valence-electron chi connectivity index (χ0n) is 13.0. The Morgan fingerprint density at radius 3 is 2.67 bits per heavy atom. The number of amides is 1. The number of anilines is 2. The fourth-order valence-corrected chi connectivity index (χ4v) is 2.60. The van der Waals surface area contributed by atoms with Crippen molar-refractivity contribution in [2.75, 3.05) is 36.5 Å². The molecule has 1 saturated heterocycles. The third-order valence-electron chi connectivity index (χ3n) is 3.86. The van der Waals surface area contributed by atoms with E-state index in [2.05, 4.69) is 20.3 Å². The number of hydrazine groups is 1. The summed E-state index contributed by atoms with van der Waals surface area (Å²) in [6, 6.07) is 0. The van der Waals surface area contributed by atoms with Gasteiger partial charge >= 0.3 is 0 Å². The van der Waals surface area contributed by atoms with E-state index in [1.165, 1.54) is 0 Å². The van der Waals surface area contributed by atoms with Gasteiger partial charge in [0.05, 0.1) is 0 Å². The maximum absolute atomic E-state index is 11.5. The molecule has 0 atom stereocenters. The molecular weight excluding hydrogens is 268 g/mol. The number of nitrogens with one attached hydrogen (secondary N) is 1. The van der Waals surface area contributed by atoms with Crippen molar-refractivity contribution in [3.8, 4) is 0 Å². The number of rotatable bonds is 3. The van der Waals surface area contributed by atoms with E-state index in [0.29, 0.717) is 5.82 Å². The number of hydrogen-bond donors (Lipinski definition) is 2. The third-order valence-corrected chi connectivity index (χ3v) is 3.86. The molecular formula is C14H24N6O. The van der Waals surface area contributed by atoms with Gasteiger partial charge in [-0.3, -0.25) is 4.79 Å². The van der Waals surface area contributed by atoms with Crippen LogP contribution in [0.25, 0.3) is 0 Å². The van der Waals surface area contributed by atoms with E-state index < -0.39 is 0 Å². The van der Waals surface area contributed by atoms with Gasteiger partial charge in [0.2, 0.25) is 5.91 Å². The van der Waals surface area contributed by atoms with Gasteiger partial charge in [0, 0.05) is 45.1 Å². The van der Waals surface area contributed by atoms with Crippen molar-refractivity contribution in [3.63, 3.8) is 0 Å². The highest BCUT2D eigenvalue weighted by Crippen LogP contribution is 2.24. The number of nitrogen functional groups attached to an aromatic ring is 1. The van der Waals surface area contributed by atoms with Gasteiger partial charge in [-0.1, -0.05) is 6.92 Å². The molecule has 1 fully saturated rings. The Labute approximate surface area is 125 Å². The number of carbonyl (C=O) groups is 1. The maximum Gasteiger partial charge on any atom is 0.219 e. The standard InChI is InChI=1S/C14H24N6O/c1-4-12-16-13(18-15)10(2)14(17-12)20-7-5-6-19(8-9-20)11(3)21/h4-9,15H2,1-3H3,(H,16,17,18). The first-order valence-electron chi connectivity index (χ1n) is 7.41. The van der Waals surface area contributed by atoms with Crippen LogP contribution < -0.4 is 16.2 Å². The van der Waals surface area contributed by atoms with Crippen LogP contribution in [0.15, 0.2) is 0 Å². The molecule has 1 aromatic heterocycles. The summed E-state index contributed by atoms with van der Waals surface area (Å²) in [7, 11) is 0. The smallest absolute Gasteiger partial charge is 0.219 e. The second kappa shape index (κ2) is 6.71. The summed E-state index contributed by atoms with van der Waals surface area (Å²) in [5.41, 5.74) is 3.60. The van der Waals surface area contributed by atoms with Crippen LogP contribution in [-0.2, 0) is 11.2 Å². The molecule has 1 aromatic rings. The Balaban J connectivity index is 2.26. The molecule has 0 aliphatic carbocycles. The van der Waals surface area contributed by atoms with Gasteiger partial charge in [-0.2, -0.15) is 0 Å². The van der Waals surface area contributed by atoms with Crippen molar-refractivity contribution >= 4 is 17.5 Å². The summed E-state index contributed by atoms with van der Waals surface area (Å²) in [4.78, 5) is 24.7. The first-order valence-corrected chi connectivity index (χ1v) is 7.41. The van der Waals surface area contributed by atoms with E-state index in [1.54, 1.807) is 6.92 Å². The topological polar surface area (TPSA) is 87.4 Å². The SMILES string of the molecule is CCc1nc(NN)c(C)c(N2CCCN(C(C)=O)CC2)n1. The predicted molar refractivity (Wildman–Crippen MR) is 83.0 cm³/mol. The van der Waals surface area contributed by atoms with Crippen molar-refractivity contribution in [3.05, 3.63) is 11.4 Å². The Hall–Kier alpha value is -1.89. The highest BCUT2D eigenvalue weighted by Gasteiger charge is 2.20. The number of hydrogen-bond acceptors (Lipinski definition) is 6. The molecule has 7 heteroatoms. The number of nitrogens with two attached hydrogens (primary N) is 1. The van der Waals surface area contributed by atoms with Crippen molar-refractivity contribution < 1.29 is 4.79 Å². The van der Waals surface area contributed by atoms with Crippen LogP contribution in [0.2, 0.25) is 0 Å². The predicted octanol–water partition coefficient (Wildman–Crippen LogP) is 0.692. The van der Waals surface area contributed by atoms with E-state index >= 15 is 0 Å². The molecule has 1 aliphatic heterocycles. The van der Waals surface area contributed by atoms with Gasteiger partial charge in [-0.15, -0.1) is 0 Å². The Morgan fingerprint density at radius 2 is 2.05 bits per heavy atom. The fraction of sp³-hybridized carbons (Fsp3) is 0.643. The highest BCUT2D eigenvalue weighted by atomic mass is 16.2. The summed E-state index contributed by atoms with van der Waals surface area (Å²) in [6.07, 6.45) is 1.70. The molecule has 1 aliphatic rings. The molecule has 0 radical (unpaired) electrons. The summed E-state index contributed by atoms with van der Waals surface area (Å²) in [5, 5.41) is 0. The Kier molecular flexibility index (Phi) is 4.95. The van der Waals surface area contributed by atoms with Gasteiger partial charge in [0.1, 0.15) is 17.5 Å². The zero-order valence-corrected chi connectivity index (χ0v) is 13.0. The van der Waals surface area contributed by atoms with Crippen LogP contribution in [0.1, 0.15) is 31.7 Å². The molecule has 3 N–H and O–H groups in total. The first kappa shape index (κ1) is 15.5. The first-order chi connectivity index (χ1) is 10.1. The third kappa shape index (κ3) is 3.41. The van der Waals surface area contributed by atoms with Gasteiger partial charge < -0.3 is 15.2 Å². The van der Waals surface area contributed by atoms with Crippen LogP contribution in [0, 0.1) is 6.92 Å². The van der Waals surface area contributed by atoms with Crippen molar-refractivity contribution in [2.45, 2.75) is 33.6 Å². The molecule has 21 heavy (non-hydrogen) atoms. The molecule has 2 heterocycles. The fourth-order valence-electron chi connectivity index (χ4n) is 2.60. The summed E-state index contributed by atoms with van der Waals surface area (Å²) < 4.78 is 0. The quantitative estimate of drug-likeness (QED) is 0.629. The number of carbonyl (C=O) groups excluding carboxylic acids is 1. The van der Waals surface area contributed by atoms with E-state index in [1.807, 2.05) is 18.7 Å². The summed E-state index contributed by atoms with van der Waals surface area (Å²) >= 11 is 0. The second-order valence-corrected chi connectivity index (χ2v) is 5.28.